The fourth-order valence-electron chi connectivity index (χ4n) is 2.86. The van der Waals surface area contributed by atoms with Crippen molar-refractivity contribution in [3.05, 3.63) is 60.4 Å². The number of aromatic nitrogens is 2. The third-order valence-corrected chi connectivity index (χ3v) is 4.32. The minimum absolute atomic E-state index is 0.167. The standard InChI is InChI=1S/C21H25N3O2/c1-24(15-8-16-26-17-9-3-2-4-10-17)21(25)14-7-13-20-22-18-11-5-6-12-19(18)23-20/h2-6,9-12H,7-8,13-16H2,1H3,(H,22,23). The Bertz CT molecular complexity index is 796. The van der Waals surface area contributed by atoms with Gasteiger partial charge in [0.25, 0.3) is 0 Å². The number of rotatable bonds is 9. The van der Waals surface area contributed by atoms with Crippen LogP contribution in [0.5, 0.6) is 5.75 Å². The summed E-state index contributed by atoms with van der Waals surface area (Å²) >= 11 is 0. The van der Waals surface area contributed by atoms with Gasteiger partial charge >= 0.3 is 0 Å². The molecule has 2 aromatic carbocycles. The lowest BCUT2D eigenvalue weighted by Crippen LogP contribution is -2.28. The summed E-state index contributed by atoms with van der Waals surface area (Å²) < 4.78 is 5.65. The van der Waals surface area contributed by atoms with E-state index >= 15 is 0 Å². The molecule has 0 aliphatic rings. The lowest BCUT2D eigenvalue weighted by atomic mass is 10.2. The number of benzene rings is 2. The summed E-state index contributed by atoms with van der Waals surface area (Å²) in [5, 5.41) is 0. The molecule has 26 heavy (non-hydrogen) atoms. The monoisotopic (exact) mass is 351 g/mol. The molecule has 5 nitrogen and oxygen atoms in total. The molecule has 1 heterocycles. The number of aryl methyl sites for hydroxylation is 1. The van der Waals surface area contributed by atoms with Gasteiger partial charge in [0, 0.05) is 26.4 Å². The summed E-state index contributed by atoms with van der Waals surface area (Å²) in [7, 11) is 1.85. The van der Waals surface area contributed by atoms with E-state index in [2.05, 4.69) is 9.97 Å². The van der Waals surface area contributed by atoms with Gasteiger partial charge in [0.05, 0.1) is 17.6 Å². The Balaban J connectivity index is 1.33. The zero-order valence-corrected chi connectivity index (χ0v) is 15.1. The Labute approximate surface area is 154 Å². The van der Waals surface area contributed by atoms with Crippen molar-refractivity contribution in [2.75, 3.05) is 20.2 Å². The van der Waals surface area contributed by atoms with Gasteiger partial charge in [-0.1, -0.05) is 30.3 Å². The molecule has 0 atom stereocenters. The number of imidazole rings is 1. The minimum atomic E-state index is 0.167. The number of fused-ring (bicyclic) bond motifs is 1. The number of para-hydroxylation sites is 3. The van der Waals surface area contributed by atoms with Gasteiger partial charge in [-0.05, 0) is 37.1 Å². The Hall–Kier alpha value is -2.82. The van der Waals surface area contributed by atoms with Crippen molar-refractivity contribution >= 4 is 16.9 Å². The summed E-state index contributed by atoms with van der Waals surface area (Å²) in [6, 6.07) is 17.7. The molecule has 0 aliphatic heterocycles. The lowest BCUT2D eigenvalue weighted by Gasteiger charge is -2.17. The molecule has 0 unspecified atom stereocenters. The number of nitrogens with zero attached hydrogens (tertiary/aromatic N) is 2. The normalized spacial score (nSPS) is 10.8. The highest BCUT2D eigenvalue weighted by Gasteiger charge is 2.09. The second-order valence-corrected chi connectivity index (χ2v) is 6.38. The van der Waals surface area contributed by atoms with Gasteiger partial charge in [-0.25, -0.2) is 4.98 Å². The third-order valence-electron chi connectivity index (χ3n) is 4.32. The topological polar surface area (TPSA) is 58.2 Å². The summed E-state index contributed by atoms with van der Waals surface area (Å²) in [5.41, 5.74) is 2.02. The van der Waals surface area contributed by atoms with Crippen molar-refractivity contribution < 1.29 is 9.53 Å². The molecule has 0 saturated heterocycles. The van der Waals surface area contributed by atoms with E-state index in [-0.39, 0.29) is 5.91 Å². The van der Waals surface area contributed by atoms with Gasteiger partial charge in [0.2, 0.25) is 5.91 Å². The number of carbonyl (C=O) groups is 1. The van der Waals surface area contributed by atoms with Gasteiger partial charge < -0.3 is 14.6 Å². The average Bonchev–Trinajstić information content (AvgIpc) is 3.08. The highest BCUT2D eigenvalue weighted by Crippen LogP contribution is 2.12. The van der Waals surface area contributed by atoms with Crippen LogP contribution in [0.3, 0.4) is 0 Å². The van der Waals surface area contributed by atoms with Crippen molar-refractivity contribution in [1.29, 1.82) is 0 Å². The largest absolute Gasteiger partial charge is 0.494 e. The van der Waals surface area contributed by atoms with Gasteiger partial charge in [-0.15, -0.1) is 0 Å². The van der Waals surface area contributed by atoms with Crippen molar-refractivity contribution in [2.45, 2.75) is 25.7 Å². The van der Waals surface area contributed by atoms with Crippen LogP contribution in [0.2, 0.25) is 0 Å². The lowest BCUT2D eigenvalue weighted by molar-refractivity contribution is -0.130. The number of H-pyrrole nitrogens is 1. The number of nitrogens with one attached hydrogen (secondary N) is 1. The second-order valence-electron chi connectivity index (χ2n) is 6.38. The maximum absolute atomic E-state index is 12.2. The predicted octanol–water partition coefficient (Wildman–Crippen LogP) is 3.81. The molecule has 1 amide bonds. The van der Waals surface area contributed by atoms with Crippen LogP contribution in [0.25, 0.3) is 11.0 Å². The first kappa shape index (κ1) is 18.0. The Morgan fingerprint density at radius 3 is 2.65 bits per heavy atom. The van der Waals surface area contributed by atoms with Crippen LogP contribution >= 0.6 is 0 Å². The zero-order valence-electron chi connectivity index (χ0n) is 15.1. The second kappa shape index (κ2) is 9.04. The number of aromatic amines is 1. The average molecular weight is 351 g/mol. The molecule has 0 radical (unpaired) electrons. The molecule has 0 saturated carbocycles. The summed E-state index contributed by atoms with van der Waals surface area (Å²) in [6.45, 7) is 1.32. The minimum Gasteiger partial charge on any atom is -0.494 e. The molecule has 136 valence electrons. The van der Waals surface area contributed by atoms with E-state index in [0.29, 0.717) is 19.6 Å². The number of hydrogen-bond acceptors (Lipinski definition) is 3. The van der Waals surface area contributed by atoms with Crippen molar-refractivity contribution in [3.63, 3.8) is 0 Å². The van der Waals surface area contributed by atoms with E-state index in [1.165, 1.54) is 0 Å². The number of amides is 1. The number of hydrogen-bond donors (Lipinski definition) is 1. The zero-order chi connectivity index (χ0) is 18.2. The first-order valence-corrected chi connectivity index (χ1v) is 9.08. The molecule has 1 N–H and O–H groups in total. The fraction of sp³-hybridized carbons (Fsp3) is 0.333. The molecular weight excluding hydrogens is 326 g/mol. The third kappa shape index (κ3) is 5.09. The van der Waals surface area contributed by atoms with Crippen LogP contribution < -0.4 is 4.74 Å². The van der Waals surface area contributed by atoms with Crippen molar-refractivity contribution in [1.82, 2.24) is 14.9 Å². The number of ether oxygens (including phenoxy) is 1. The first-order chi connectivity index (χ1) is 12.7. The molecule has 0 bridgehead atoms. The molecule has 3 rings (SSSR count). The van der Waals surface area contributed by atoms with Crippen LogP contribution in [-0.4, -0.2) is 41.0 Å². The quantitative estimate of drug-likeness (QED) is 0.596. The van der Waals surface area contributed by atoms with Crippen LogP contribution in [0, 0.1) is 0 Å². The molecule has 0 fully saturated rings. The van der Waals surface area contributed by atoms with Gasteiger partial charge in [0.15, 0.2) is 0 Å². The Morgan fingerprint density at radius 2 is 1.85 bits per heavy atom. The van der Waals surface area contributed by atoms with Gasteiger partial charge in [-0.3, -0.25) is 4.79 Å². The molecule has 3 aromatic rings. The molecule has 5 heteroatoms. The summed E-state index contributed by atoms with van der Waals surface area (Å²) in [4.78, 5) is 21.9. The van der Waals surface area contributed by atoms with E-state index in [4.69, 9.17) is 4.74 Å². The van der Waals surface area contributed by atoms with Crippen LogP contribution in [0.4, 0.5) is 0 Å². The van der Waals surface area contributed by atoms with E-state index in [1.54, 1.807) is 4.90 Å². The number of carbonyl (C=O) groups excluding carboxylic acids is 1. The van der Waals surface area contributed by atoms with E-state index in [9.17, 15) is 4.79 Å². The molecule has 1 aromatic heterocycles. The van der Waals surface area contributed by atoms with Gasteiger partial charge in [0.1, 0.15) is 11.6 Å². The SMILES string of the molecule is CN(CCCOc1ccccc1)C(=O)CCCc1nc2ccccc2[nH]1. The van der Waals surface area contributed by atoms with Crippen molar-refractivity contribution in [3.8, 4) is 5.75 Å². The van der Waals surface area contributed by atoms with Crippen LogP contribution in [-0.2, 0) is 11.2 Å². The van der Waals surface area contributed by atoms with Gasteiger partial charge in [-0.2, -0.15) is 0 Å². The maximum atomic E-state index is 12.2. The molecule has 0 aliphatic carbocycles. The highest BCUT2D eigenvalue weighted by molar-refractivity contribution is 5.76. The highest BCUT2D eigenvalue weighted by atomic mass is 16.5. The summed E-state index contributed by atoms with van der Waals surface area (Å²) in [6.07, 6.45) is 2.93. The Kier molecular flexibility index (Phi) is 6.25. The van der Waals surface area contributed by atoms with Crippen molar-refractivity contribution in [2.24, 2.45) is 0 Å². The molecular formula is C21H25N3O2. The smallest absolute Gasteiger partial charge is 0.222 e. The predicted molar refractivity (Wildman–Crippen MR) is 103 cm³/mol. The van der Waals surface area contributed by atoms with Crippen LogP contribution in [0.1, 0.15) is 25.1 Å². The Morgan fingerprint density at radius 1 is 1.08 bits per heavy atom. The van der Waals surface area contributed by atoms with E-state index in [1.807, 2.05) is 61.6 Å². The maximum Gasteiger partial charge on any atom is 0.222 e. The summed E-state index contributed by atoms with van der Waals surface area (Å²) in [5.74, 6) is 1.98. The molecule has 0 spiro atoms. The van der Waals surface area contributed by atoms with Crippen LogP contribution in [0.15, 0.2) is 54.6 Å². The first-order valence-electron chi connectivity index (χ1n) is 9.08. The van der Waals surface area contributed by atoms with E-state index in [0.717, 1.165) is 41.9 Å². The fourth-order valence-corrected chi connectivity index (χ4v) is 2.86. The van der Waals surface area contributed by atoms with E-state index < -0.39 is 0 Å².